The molecule has 0 atom stereocenters. The van der Waals surface area contributed by atoms with Gasteiger partial charge in [-0.25, -0.2) is 0 Å². The molecule has 1 aliphatic rings. The van der Waals surface area contributed by atoms with Crippen LogP contribution in [0.5, 0.6) is 5.88 Å². The Morgan fingerprint density at radius 1 is 1.23 bits per heavy atom. The molecule has 0 radical (unpaired) electrons. The quantitative estimate of drug-likeness (QED) is 0.307. The van der Waals surface area contributed by atoms with Crippen LogP contribution in [0.2, 0.25) is 0 Å². The van der Waals surface area contributed by atoms with Gasteiger partial charge in [-0.15, -0.1) is 0 Å². The molecule has 0 saturated heterocycles. The fourth-order valence-corrected chi connectivity index (χ4v) is 4.00. The molecule has 1 aliphatic heterocycles. The van der Waals surface area contributed by atoms with Crippen molar-refractivity contribution in [2.45, 2.75) is 23.6 Å². The van der Waals surface area contributed by atoms with Gasteiger partial charge >= 0.3 is 11.3 Å². The standard InChI is InChI=1S/C15H11N3O3S/c1-8-3-4-11-14(9(8)2)17-13(19)7-16-6-10(18(20)21)5-12(22-11)15(16)17/h3-7H,1-2H3. The van der Waals surface area contributed by atoms with Crippen molar-refractivity contribution in [3.05, 3.63) is 51.8 Å². The molecule has 6 nitrogen and oxygen atoms in total. The predicted molar refractivity (Wildman–Crippen MR) is 78.6 cm³/mol. The zero-order chi connectivity index (χ0) is 15.6. The van der Waals surface area contributed by atoms with E-state index in [1.54, 1.807) is 8.97 Å². The molecule has 3 aromatic rings. The Morgan fingerprint density at radius 3 is 2.73 bits per heavy atom. The van der Waals surface area contributed by atoms with E-state index in [2.05, 4.69) is 0 Å². The first-order chi connectivity index (χ1) is 10.5. The molecule has 0 fully saturated rings. The van der Waals surface area contributed by atoms with E-state index < -0.39 is 4.92 Å². The van der Waals surface area contributed by atoms with Gasteiger partial charge in [-0.3, -0.25) is 10.1 Å². The molecule has 0 aliphatic carbocycles. The highest BCUT2D eigenvalue weighted by Crippen LogP contribution is 2.44. The van der Waals surface area contributed by atoms with Crippen molar-refractivity contribution in [3.63, 3.8) is 0 Å². The fourth-order valence-electron chi connectivity index (χ4n) is 2.82. The first-order valence-electron chi connectivity index (χ1n) is 6.68. The second-order valence-corrected chi connectivity index (χ2v) is 6.39. The monoisotopic (exact) mass is 313 g/mol. The summed E-state index contributed by atoms with van der Waals surface area (Å²) in [6.45, 7) is 3.99. The lowest BCUT2D eigenvalue weighted by atomic mass is 10.1. The van der Waals surface area contributed by atoms with E-state index in [1.165, 1.54) is 30.2 Å². The van der Waals surface area contributed by atoms with Crippen LogP contribution < -0.4 is 9.51 Å². The van der Waals surface area contributed by atoms with Crippen LogP contribution in [0.15, 0.2) is 40.4 Å². The van der Waals surface area contributed by atoms with Crippen LogP contribution in [0.4, 0.5) is 5.69 Å². The van der Waals surface area contributed by atoms with Crippen molar-refractivity contribution >= 4 is 23.1 Å². The molecule has 0 spiro atoms. The van der Waals surface area contributed by atoms with E-state index in [-0.39, 0.29) is 11.6 Å². The summed E-state index contributed by atoms with van der Waals surface area (Å²) in [5.41, 5.74) is 3.69. The molecule has 0 saturated carbocycles. The van der Waals surface area contributed by atoms with Crippen molar-refractivity contribution in [2.75, 3.05) is 0 Å². The van der Waals surface area contributed by atoms with Crippen LogP contribution in [-0.4, -0.2) is 9.49 Å². The Labute approximate surface area is 129 Å². The maximum atomic E-state index is 12.4. The summed E-state index contributed by atoms with van der Waals surface area (Å²) in [5, 5.41) is 23.5. The number of nitrogens with zero attached hydrogens (tertiary/aromatic N) is 3. The average Bonchev–Trinajstić information content (AvgIpc) is 2.81. The smallest absolute Gasteiger partial charge is 0.309 e. The maximum Gasteiger partial charge on any atom is 0.309 e. The Balaban J connectivity index is 2.15. The summed E-state index contributed by atoms with van der Waals surface area (Å²) >= 11 is 1.46. The summed E-state index contributed by atoms with van der Waals surface area (Å²) in [5.74, 6) is -0.183. The highest BCUT2D eigenvalue weighted by atomic mass is 32.2. The summed E-state index contributed by atoms with van der Waals surface area (Å²) in [6, 6.07) is 5.48. The average molecular weight is 313 g/mol. The summed E-state index contributed by atoms with van der Waals surface area (Å²) < 4.78 is 3.20. The Bertz CT molecular complexity index is 978. The molecule has 3 heterocycles. The Kier molecular flexibility index (Phi) is 2.53. The van der Waals surface area contributed by atoms with Gasteiger partial charge in [0.2, 0.25) is 0 Å². The molecule has 110 valence electrons. The van der Waals surface area contributed by atoms with Crippen LogP contribution in [0.25, 0.3) is 11.3 Å². The van der Waals surface area contributed by atoms with Gasteiger partial charge in [-0.1, -0.05) is 17.8 Å². The van der Waals surface area contributed by atoms with Crippen molar-refractivity contribution < 1.29 is 14.4 Å². The highest BCUT2D eigenvalue weighted by molar-refractivity contribution is 7.99. The van der Waals surface area contributed by atoms with Crippen LogP contribution in [-0.2, 0) is 0 Å². The van der Waals surface area contributed by atoms with Crippen LogP contribution in [0.3, 0.4) is 0 Å². The lowest BCUT2D eigenvalue weighted by molar-refractivity contribution is -0.523. The van der Waals surface area contributed by atoms with Crippen molar-refractivity contribution in [1.29, 1.82) is 0 Å². The topological polar surface area (TPSA) is 75.2 Å². The molecule has 4 rings (SSSR count). The number of pyridine rings is 1. The lowest BCUT2D eigenvalue weighted by Gasteiger charge is -2.18. The normalized spacial score (nSPS) is 12.5. The molecule has 0 bridgehead atoms. The third-order valence-corrected chi connectivity index (χ3v) is 5.09. The van der Waals surface area contributed by atoms with E-state index in [4.69, 9.17) is 0 Å². The van der Waals surface area contributed by atoms with E-state index in [9.17, 15) is 15.2 Å². The molecule has 2 aromatic heterocycles. The minimum Gasteiger partial charge on any atom is -0.839 e. The fraction of sp³-hybridized carbons (Fsp3) is 0.133. The van der Waals surface area contributed by atoms with Crippen LogP contribution in [0.1, 0.15) is 11.1 Å². The van der Waals surface area contributed by atoms with Gasteiger partial charge in [0.25, 0.3) is 0 Å². The number of rotatable bonds is 1. The highest BCUT2D eigenvalue weighted by Gasteiger charge is 2.31. The zero-order valence-electron chi connectivity index (χ0n) is 11.9. The predicted octanol–water partition coefficient (Wildman–Crippen LogP) is 2.28. The van der Waals surface area contributed by atoms with Gasteiger partial charge in [0, 0.05) is 11.6 Å². The van der Waals surface area contributed by atoms with Crippen molar-refractivity contribution in [2.24, 2.45) is 0 Å². The molecule has 0 N–H and O–H groups in total. The minimum atomic E-state index is -0.443. The molecule has 22 heavy (non-hydrogen) atoms. The SMILES string of the molecule is Cc1ccc2c(c1C)-n1c([O-])c[n+]3cc([N+](=O)[O-])cc(c13)S2. The van der Waals surface area contributed by atoms with E-state index >= 15 is 0 Å². The largest absolute Gasteiger partial charge is 0.839 e. The van der Waals surface area contributed by atoms with Gasteiger partial charge in [-0.05, 0) is 25.5 Å². The number of nitro groups is 1. The molecule has 0 amide bonds. The third-order valence-electron chi connectivity index (χ3n) is 4.02. The van der Waals surface area contributed by atoms with Gasteiger partial charge < -0.3 is 5.11 Å². The maximum absolute atomic E-state index is 12.4. The molecule has 1 aromatic carbocycles. The first kappa shape index (κ1) is 13.1. The minimum absolute atomic E-state index is 0.0237. The van der Waals surface area contributed by atoms with Gasteiger partial charge in [0.15, 0.2) is 6.20 Å². The number of aryl methyl sites for hydroxylation is 1. The van der Waals surface area contributed by atoms with Crippen LogP contribution in [0, 0.1) is 24.0 Å². The summed E-state index contributed by atoms with van der Waals surface area (Å²) in [6.07, 6.45) is 2.77. The van der Waals surface area contributed by atoms with Gasteiger partial charge in [0.05, 0.1) is 9.82 Å². The van der Waals surface area contributed by atoms with Crippen molar-refractivity contribution in [3.8, 4) is 11.6 Å². The second-order valence-electron chi connectivity index (χ2n) is 5.31. The number of hydrogen-bond acceptors (Lipinski definition) is 4. The summed E-state index contributed by atoms with van der Waals surface area (Å²) in [4.78, 5) is 12.3. The number of fused-ring (bicyclic) bond motifs is 2. The van der Waals surface area contributed by atoms with Crippen molar-refractivity contribution in [1.82, 2.24) is 4.57 Å². The second kappa shape index (κ2) is 4.23. The van der Waals surface area contributed by atoms with E-state index in [0.29, 0.717) is 10.5 Å². The number of imidazole rings is 1. The first-order valence-corrected chi connectivity index (χ1v) is 7.49. The molecular formula is C15H11N3O3S. The summed E-state index contributed by atoms with van der Waals surface area (Å²) in [7, 11) is 0. The van der Waals surface area contributed by atoms with Crippen LogP contribution >= 0.6 is 11.8 Å². The molecule has 7 heteroatoms. The molecule has 0 unspecified atom stereocenters. The lowest BCUT2D eigenvalue weighted by Crippen LogP contribution is -2.22. The Hall–Kier alpha value is -2.54. The number of aromatic nitrogens is 2. The van der Waals surface area contributed by atoms with Gasteiger partial charge in [0.1, 0.15) is 22.7 Å². The van der Waals surface area contributed by atoms with E-state index in [0.717, 1.165) is 21.7 Å². The Morgan fingerprint density at radius 2 is 2.00 bits per heavy atom. The molecular weight excluding hydrogens is 302 g/mol. The number of hydrogen-bond donors (Lipinski definition) is 0. The zero-order valence-corrected chi connectivity index (χ0v) is 12.7. The third kappa shape index (κ3) is 1.59. The van der Waals surface area contributed by atoms with E-state index in [1.807, 2.05) is 26.0 Å². The number of benzene rings is 1. The van der Waals surface area contributed by atoms with Gasteiger partial charge in [-0.2, -0.15) is 8.97 Å².